The highest BCUT2D eigenvalue weighted by molar-refractivity contribution is 5.47. The number of nitrogens with two attached hydrogens (primary N) is 1. The van der Waals surface area contributed by atoms with Crippen LogP contribution in [0.5, 0.6) is 0 Å². The number of rotatable bonds is 5. The molecule has 1 aromatic rings. The molecule has 0 amide bonds. The van der Waals surface area contributed by atoms with Crippen LogP contribution >= 0.6 is 0 Å². The van der Waals surface area contributed by atoms with E-state index in [1.165, 1.54) is 0 Å². The third kappa shape index (κ3) is 2.70. The summed E-state index contributed by atoms with van der Waals surface area (Å²) in [5, 5.41) is 13.6. The minimum absolute atomic E-state index is 0.174. The van der Waals surface area contributed by atoms with E-state index in [2.05, 4.69) is 20.7 Å². The molecular weight excluding hydrogens is 258 g/mol. The summed E-state index contributed by atoms with van der Waals surface area (Å²) in [7, 11) is 0. The first-order valence-electron chi connectivity index (χ1n) is 7.04. The first-order valence-corrected chi connectivity index (χ1v) is 7.04. The fourth-order valence-corrected chi connectivity index (χ4v) is 2.40. The predicted molar refractivity (Wildman–Crippen MR) is 75.3 cm³/mol. The smallest absolute Gasteiger partial charge is 0.145 e. The highest BCUT2D eigenvalue weighted by atomic mass is 16.5. The fraction of sp³-hybridized carbons (Fsp3) is 0.692. The van der Waals surface area contributed by atoms with Crippen molar-refractivity contribution in [1.82, 2.24) is 9.97 Å². The molecule has 1 aliphatic carbocycles. The van der Waals surface area contributed by atoms with E-state index in [-0.39, 0.29) is 6.10 Å². The number of aromatic nitrogens is 2. The van der Waals surface area contributed by atoms with Gasteiger partial charge in [-0.25, -0.2) is 15.8 Å². The van der Waals surface area contributed by atoms with Crippen LogP contribution in [0.3, 0.4) is 0 Å². The van der Waals surface area contributed by atoms with Crippen molar-refractivity contribution in [1.29, 1.82) is 0 Å². The number of hydrogen-bond acceptors (Lipinski definition) is 7. The molecule has 2 fully saturated rings. The van der Waals surface area contributed by atoms with Gasteiger partial charge in [-0.2, -0.15) is 0 Å². The van der Waals surface area contributed by atoms with E-state index >= 15 is 0 Å². The summed E-state index contributed by atoms with van der Waals surface area (Å²) in [6.45, 7) is 2.88. The van der Waals surface area contributed by atoms with Gasteiger partial charge in [0.05, 0.1) is 6.10 Å². The Morgan fingerprint density at radius 3 is 2.80 bits per heavy atom. The molecule has 5 N–H and O–H groups in total. The van der Waals surface area contributed by atoms with Crippen molar-refractivity contribution in [2.75, 3.05) is 23.9 Å². The van der Waals surface area contributed by atoms with Gasteiger partial charge in [-0.1, -0.05) is 0 Å². The van der Waals surface area contributed by atoms with Crippen LogP contribution in [0.25, 0.3) is 0 Å². The SMILES string of the molecule is CC1OCCC1(O)CNc1cc(NN)nc(C2CC2)n1. The maximum absolute atomic E-state index is 10.5. The maximum atomic E-state index is 10.5. The Hall–Kier alpha value is -1.44. The van der Waals surface area contributed by atoms with Crippen LogP contribution in [0.2, 0.25) is 0 Å². The molecule has 110 valence electrons. The van der Waals surface area contributed by atoms with Gasteiger partial charge < -0.3 is 20.6 Å². The minimum atomic E-state index is -0.846. The minimum Gasteiger partial charge on any atom is -0.385 e. The number of nitrogen functional groups attached to an aromatic ring is 1. The maximum Gasteiger partial charge on any atom is 0.145 e. The standard InChI is InChI=1S/C13H21N5O2/c1-8-13(19,4-5-20-8)7-15-10-6-11(18-14)17-12(16-10)9-2-3-9/h6,8-9,19H,2-5,7,14H2,1H3,(H2,15,16,17,18). The second-order valence-electron chi connectivity index (χ2n) is 5.64. The summed E-state index contributed by atoms with van der Waals surface area (Å²) in [6.07, 6.45) is 2.71. The Bertz CT molecular complexity index is 494. The molecule has 2 aliphatic rings. The molecule has 0 bridgehead atoms. The third-order valence-electron chi connectivity index (χ3n) is 4.07. The van der Waals surface area contributed by atoms with E-state index in [1.807, 2.05) is 6.92 Å². The van der Waals surface area contributed by atoms with Gasteiger partial charge in [0.2, 0.25) is 0 Å². The van der Waals surface area contributed by atoms with Gasteiger partial charge in [-0.05, 0) is 19.8 Å². The van der Waals surface area contributed by atoms with Crippen LogP contribution in [-0.2, 0) is 4.74 Å². The van der Waals surface area contributed by atoms with Gasteiger partial charge >= 0.3 is 0 Å². The summed E-state index contributed by atoms with van der Waals surface area (Å²) in [6, 6.07) is 1.75. The summed E-state index contributed by atoms with van der Waals surface area (Å²) >= 11 is 0. The Labute approximate surface area is 117 Å². The lowest BCUT2D eigenvalue weighted by Gasteiger charge is -2.26. The monoisotopic (exact) mass is 279 g/mol. The molecule has 0 radical (unpaired) electrons. The second-order valence-corrected chi connectivity index (χ2v) is 5.64. The van der Waals surface area contributed by atoms with E-state index in [9.17, 15) is 5.11 Å². The number of aliphatic hydroxyl groups is 1. The van der Waals surface area contributed by atoms with E-state index in [4.69, 9.17) is 10.6 Å². The molecule has 7 nitrogen and oxygen atoms in total. The number of hydrogen-bond donors (Lipinski definition) is 4. The zero-order chi connectivity index (χ0) is 14.2. The lowest BCUT2D eigenvalue weighted by molar-refractivity contribution is -0.0176. The van der Waals surface area contributed by atoms with Crippen molar-refractivity contribution in [3.05, 3.63) is 11.9 Å². The number of anilines is 2. The van der Waals surface area contributed by atoms with Crippen molar-refractivity contribution in [2.24, 2.45) is 5.84 Å². The van der Waals surface area contributed by atoms with Crippen molar-refractivity contribution >= 4 is 11.6 Å². The zero-order valence-electron chi connectivity index (χ0n) is 11.6. The summed E-state index contributed by atoms with van der Waals surface area (Å²) in [5.41, 5.74) is 1.71. The van der Waals surface area contributed by atoms with E-state index in [0.29, 0.717) is 37.1 Å². The first kappa shape index (κ1) is 13.5. The van der Waals surface area contributed by atoms with Gasteiger partial charge in [-0.15, -0.1) is 0 Å². The topological polar surface area (TPSA) is 105 Å². The predicted octanol–water partition coefficient (Wildman–Crippen LogP) is 0.591. The molecule has 0 spiro atoms. The first-order chi connectivity index (χ1) is 9.60. The molecule has 2 atom stereocenters. The lowest BCUT2D eigenvalue weighted by atomic mass is 9.97. The lowest BCUT2D eigenvalue weighted by Crippen LogP contribution is -2.43. The van der Waals surface area contributed by atoms with Crippen LogP contribution in [0.1, 0.15) is 37.9 Å². The number of hydrazine groups is 1. The normalized spacial score (nSPS) is 29.4. The third-order valence-corrected chi connectivity index (χ3v) is 4.07. The van der Waals surface area contributed by atoms with Crippen LogP contribution in [-0.4, -0.2) is 39.9 Å². The fourth-order valence-electron chi connectivity index (χ4n) is 2.40. The van der Waals surface area contributed by atoms with Crippen molar-refractivity contribution in [3.8, 4) is 0 Å². The molecule has 3 rings (SSSR count). The average molecular weight is 279 g/mol. The van der Waals surface area contributed by atoms with Gasteiger partial charge in [0.25, 0.3) is 0 Å². The van der Waals surface area contributed by atoms with Gasteiger partial charge in [0.1, 0.15) is 23.1 Å². The Balaban J connectivity index is 1.71. The largest absolute Gasteiger partial charge is 0.385 e. The van der Waals surface area contributed by atoms with Crippen molar-refractivity contribution in [2.45, 2.75) is 43.8 Å². The molecule has 1 saturated heterocycles. The summed E-state index contributed by atoms with van der Waals surface area (Å²) in [4.78, 5) is 8.84. The molecule has 20 heavy (non-hydrogen) atoms. The number of ether oxygens (including phenoxy) is 1. The second kappa shape index (κ2) is 5.16. The van der Waals surface area contributed by atoms with E-state index in [0.717, 1.165) is 18.7 Å². The quantitative estimate of drug-likeness (QED) is 0.462. The van der Waals surface area contributed by atoms with Crippen LogP contribution in [0, 0.1) is 0 Å². The zero-order valence-corrected chi connectivity index (χ0v) is 11.6. The molecule has 2 unspecified atom stereocenters. The van der Waals surface area contributed by atoms with Crippen LogP contribution in [0.15, 0.2) is 6.07 Å². The summed E-state index contributed by atoms with van der Waals surface area (Å²) in [5.74, 6) is 7.97. The van der Waals surface area contributed by atoms with Gasteiger partial charge in [-0.3, -0.25) is 0 Å². The Morgan fingerprint density at radius 1 is 1.45 bits per heavy atom. The Morgan fingerprint density at radius 2 is 2.20 bits per heavy atom. The van der Waals surface area contributed by atoms with Gasteiger partial charge in [0.15, 0.2) is 0 Å². The summed E-state index contributed by atoms with van der Waals surface area (Å²) < 4.78 is 5.42. The Kier molecular flexibility index (Phi) is 3.49. The van der Waals surface area contributed by atoms with Crippen LogP contribution in [0.4, 0.5) is 11.6 Å². The molecule has 2 heterocycles. The molecule has 1 aromatic heterocycles. The van der Waals surface area contributed by atoms with E-state index < -0.39 is 5.60 Å². The molecule has 1 aliphatic heterocycles. The molecular formula is C13H21N5O2. The van der Waals surface area contributed by atoms with Crippen LogP contribution < -0.4 is 16.6 Å². The van der Waals surface area contributed by atoms with Crippen molar-refractivity contribution < 1.29 is 9.84 Å². The van der Waals surface area contributed by atoms with Crippen molar-refractivity contribution in [3.63, 3.8) is 0 Å². The average Bonchev–Trinajstić information content (AvgIpc) is 3.24. The number of nitrogens with zero attached hydrogens (tertiary/aromatic N) is 2. The molecule has 7 heteroatoms. The molecule has 1 saturated carbocycles. The molecule has 0 aromatic carbocycles. The highest BCUT2D eigenvalue weighted by Crippen LogP contribution is 2.38. The van der Waals surface area contributed by atoms with Gasteiger partial charge in [0, 0.05) is 31.6 Å². The highest BCUT2D eigenvalue weighted by Gasteiger charge is 2.39. The number of nitrogens with one attached hydrogen (secondary N) is 2. The van der Waals surface area contributed by atoms with E-state index in [1.54, 1.807) is 6.07 Å².